The number of ether oxygens (including phenoxy) is 2. The molecule has 2 fully saturated rings. The number of nitrogens with zero attached hydrogens (tertiary/aromatic N) is 3. The third-order valence-corrected chi connectivity index (χ3v) is 4.66. The number of hydrogen-bond acceptors (Lipinski definition) is 5. The average Bonchev–Trinajstić information content (AvgIpc) is 3.09. The van der Waals surface area contributed by atoms with E-state index in [1.54, 1.807) is 30.8 Å². The van der Waals surface area contributed by atoms with Crippen LogP contribution in [-0.4, -0.2) is 86.3 Å². The van der Waals surface area contributed by atoms with Crippen LogP contribution in [-0.2, 0) is 14.3 Å². The molecule has 27 heavy (non-hydrogen) atoms. The first-order valence-corrected chi connectivity index (χ1v) is 9.25. The molecule has 9 nitrogen and oxygen atoms in total. The summed E-state index contributed by atoms with van der Waals surface area (Å²) in [6.45, 7) is 3.92. The van der Waals surface area contributed by atoms with Gasteiger partial charge in [-0.15, -0.1) is 24.0 Å². The highest BCUT2D eigenvalue weighted by Gasteiger charge is 2.31. The molecule has 2 atom stereocenters. The van der Waals surface area contributed by atoms with E-state index in [1.165, 1.54) is 0 Å². The van der Waals surface area contributed by atoms with Crippen molar-refractivity contribution in [3.63, 3.8) is 0 Å². The minimum Gasteiger partial charge on any atom is -0.450 e. The van der Waals surface area contributed by atoms with Crippen LogP contribution in [0.4, 0.5) is 4.79 Å². The number of hydrogen-bond donors (Lipinski definition) is 2. The zero-order valence-corrected chi connectivity index (χ0v) is 18.7. The summed E-state index contributed by atoms with van der Waals surface area (Å²) in [5, 5.41) is 3.20. The first-order valence-electron chi connectivity index (χ1n) is 9.25. The molecule has 0 aromatic heterocycles. The van der Waals surface area contributed by atoms with Gasteiger partial charge in [0.25, 0.3) is 5.91 Å². The van der Waals surface area contributed by atoms with E-state index in [9.17, 15) is 9.59 Å². The minimum atomic E-state index is -0.369. The minimum absolute atomic E-state index is 0. The number of likely N-dealkylation sites (N-methyl/N-ethyl adjacent to an activating group) is 1. The molecule has 0 aromatic rings. The van der Waals surface area contributed by atoms with Crippen LogP contribution in [0.15, 0.2) is 4.99 Å². The summed E-state index contributed by atoms with van der Waals surface area (Å²) >= 11 is 0. The molecule has 2 rings (SSSR count). The molecule has 0 aromatic carbocycles. The van der Waals surface area contributed by atoms with Crippen molar-refractivity contribution in [1.29, 1.82) is 0 Å². The topological polar surface area (TPSA) is 109 Å². The molecule has 2 saturated heterocycles. The number of aliphatic imine (C=N–C) groups is 1. The van der Waals surface area contributed by atoms with Gasteiger partial charge in [-0.1, -0.05) is 0 Å². The van der Waals surface area contributed by atoms with Gasteiger partial charge in [-0.05, 0) is 32.6 Å². The molecule has 0 radical (unpaired) electrons. The summed E-state index contributed by atoms with van der Waals surface area (Å²) < 4.78 is 10.8. The highest BCUT2D eigenvalue weighted by molar-refractivity contribution is 14.0. The fourth-order valence-corrected chi connectivity index (χ4v) is 3.19. The Morgan fingerprint density at radius 2 is 1.93 bits per heavy atom. The first kappa shape index (κ1) is 23.7. The van der Waals surface area contributed by atoms with E-state index in [2.05, 4.69) is 10.3 Å². The van der Waals surface area contributed by atoms with Crippen molar-refractivity contribution in [2.24, 2.45) is 10.7 Å². The van der Waals surface area contributed by atoms with Crippen LogP contribution in [0.5, 0.6) is 0 Å². The molecule has 2 amide bonds. The normalized spacial score (nSPS) is 23.5. The van der Waals surface area contributed by atoms with Gasteiger partial charge in [0.15, 0.2) is 5.96 Å². The number of halogens is 1. The van der Waals surface area contributed by atoms with Crippen LogP contribution >= 0.6 is 24.0 Å². The van der Waals surface area contributed by atoms with Crippen molar-refractivity contribution in [1.82, 2.24) is 15.1 Å². The number of rotatable bonds is 5. The van der Waals surface area contributed by atoms with Gasteiger partial charge in [0.05, 0.1) is 19.3 Å². The Hall–Kier alpha value is -1.30. The Balaban J connectivity index is 0.00000364. The number of guanidine groups is 1. The van der Waals surface area contributed by atoms with Gasteiger partial charge in [0, 0.05) is 33.2 Å². The summed E-state index contributed by atoms with van der Waals surface area (Å²) in [5.74, 6) is 0.376. The third-order valence-electron chi connectivity index (χ3n) is 4.66. The zero-order chi connectivity index (χ0) is 19.1. The molecular formula is C17H32IN5O4. The van der Waals surface area contributed by atoms with Crippen LogP contribution in [0, 0.1) is 0 Å². The van der Waals surface area contributed by atoms with Crippen molar-refractivity contribution in [2.75, 3.05) is 40.3 Å². The Kier molecular flexibility index (Phi) is 10.1. The monoisotopic (exact) mass is 497 g/mol. The van der Waals surface area contributed by atoms with Gasteiger partial charge in [-0.25, -0.2) is 4.79 Å². The number of carbonyl (C=O) groups is 2. The van der Waals surface area contributed by atoms with E-state index < -0.39 is 0 Å². The SMILES string of the molecule is CCOC(=O)N1CCC(NC(N)=NCC2CCC(C(=O)N(C)C)O2)CC1.I. The molecule has 156 valence electrons. The van der Waals surface area contributed by atoms with Gasteiger partial charge >= 0.3 is 6.09 Å². The molecule has 2 heterocycles. The van der Waals surface area contributed by atoms with Crippen LogP contribution in [0.3, 0.4) is 0 Å². The van der Waals surface area contributed by atoms with E-state index in [-0.39, 0.29) is 54.2 Å². The summed E-state index contributed by atoms with van der Waals surface area (Å²) in [6.07, 6.45) is 2.42. The smallest absolute Gasteiger partial charge is 0.409 e. The highest BCUT2D eigenvalue weighted by atomic mass is 127. The third kappa shape index (κ3) is 7.32. The van der Waals surface area contributed by atoms with Crippen LogP contribution in [0.2, 0.25) is 0 Å². The summed E-state index contributed by atoms with van der Waals surface area (Å²) in [7, 11) is 3.46. The van der Waals surface area contributed by atoms with Crippen molar-refractivity contribution >= 4 is 41.9 Å². The lowest BCUT2D eigenvalue weighted by atomic mass is 10.1. The molecule has 2 aliphatic heterocycles. The van der Waals surface area contributed by atoms with Gasteiger partial charge in [-0.3, -0.25) is 9.79 Å². The highest BCUT2D eigenvalue weighted by Crippen LogP contribution is 2.21. The number of likely N-dealkylation sites (tertiary alicyclic amines) is 1. The molecule has 2 aliphatic rings. The standard InChI is InChI=1S/C17H31N5O4.HI/c1-4-25-17(24)22-9-7-12(8-10-22)20-16(18)19-11-13-5-6-14(26-13)15(23)21(2)3;/h12-14H,4-11H2,1-3H3,(H3,18,19,20);1H. The Morgan fingerprint density at radius 3 is 2.52 bits per heavy atom. The van der Waals surface area contributed by atoms with E-state index in [0.29, 0.717) is 32.2 Å². The predicted molar refractivity (Wildman–Crippen MR) is 113 cm³/mol. The number of nitrogens with one attached hydrogen (secondary N) is 1. The van der Waals surface area contributed by atoms with Crippen LogP contribution in [0.25, 0.3) is 0 Å². The van der Waals surface area contributed by atoms with Crippen molar-refractivity contribution in [3.05, 3.63) is 0 Å². The first-order chi connectivity index (χ1) is 12.4. The number of amides is 2. The van der Waals surface area contributed by atoms with Gasteiger partial charge < -0.3 is 30.3 Å². The number of piperidine rings is 1. The maximum atomic E-state index is 11.9. The molecule has 3 N–H and O–H groups in total. The lowest BCUT2D eigenvalue weighted by Crippen LogP contribution is -2.48. The van der Waals surface area contributed by atoms with Gasteiger partial charge in [0.2, 0.25) is 0 Å². The molecular weight excluding hydrogens is 465 g/mol. The molecule has 2 unspecified atom stereocenters. The summed E-state index contributed by atoms with van der Waals surface area (Å²) in [4.78, 5) is 31.2. The van der Waals surface area contributed by atoms with Gasteiger partial charge in [-0.2, -0.15) is 0 Å². The van der Waals surface area contributed by atoms with Gasteiger partial charge in [0.1, 0.15) is 6.10 Å². The molecule has 0 spiro atoms. The average molecular weight is 497 g/mol. The largest absolute Gasteiger partial charge is 0.450 e. The molecule has 10 heteroatoms. The van der Waals surface area contributed by atoms with E-state index in [4.69, 9.17) is 15.2 Å². The van der Waals surface area contributed by atoms with E-state index >= 15 is 0 Å². The number of nitrogens with two attached hydrogens (primary N) is 1. The van der Waals surface area contributed by atoms with Crippen LogP contribution in [0.1, 0.15) is 32.6 Å². The number of carbonyl (C=O) groups excluding carboxylic acids is 2. The van der Waals surface area contributed by atoms with Crippen LogP contribution < -0.4 is 11.1 Å². The fraction of sp³-hybridized carbons (Fsp3) is 0.824. The lowest BCUT2D eigenvalue weighted by molar-refractivity contribution is -0.140. The van der Waals surface area contributed by atoms with Crippen molar-refractivity contribution in [2.45, 2.75) is 50.9 Å². The second kappa shape index (κ2) is 11.5. The quantitative estimate of drug-likeness (QED) is 0.330. The van der Waals surface area contributed by atoms with E-state index in [0.717, 1.165) is 25.7 Å². The summed E-state index contributed by atoms with van der Waals surface area (Å²) in [5.41, 5.74) is 5.97. The second-order valence-corrected chi connectivity index (χ2v) is 6.89. The molecule has 0 aliphatic carbocycles. The Labute approximate surface area is 178 Å². The summed E-state index contributed by atoms with van der Waals surface area (Å²) in [6, 6.07) is 0.192. The predicted octanol–water partition coefficient (Wildman–Crippen LogP) is 0.765. The second-order valence-electron chi connectivity index (χ2n) is 6.89. The maximum Gasteiger partial charge on any atom is 0.409 e. The Bertz CT molecular complexity index is 523. The Morgan fingerprint density at radius 1 is 1.26 bits per heavy atom. The lowest BCUT2D eigenvalue weighted by Gasteiger charge is -2.31. The molecule has 0 saturated carbocycles. The fourth-order valence-electron chi connectivity index (χ4n) is 3.19. The molecule has 0 bridgehead atoms. The maximum absolute atomic E-state index is 11.9. The van der Waals surface area contributed by atoms with E-state index in [1.807, 2.05) is 0 Å². The van der Waals surface area contributed by atoms with Crippen molar-refractivity contribution in [3.8, 4) is 0 Å². The zero-order valence-electron chi connectivity index (χ0n) is 16.3. The van der Waals surface area contributed by atoms with Crippen molar-refractivity contribution < 1.29 is 19.1 Å².